The smallest absolute Gasteiger partial charge is 0.232 e. The van der Waals surface area contributed by atoms with Crippen molar-refractivity contribution in [3.63, 3.8) is 0 Å². The molecular weight excluding hydrogens is 234 g/mol. The van der Waals surface area contributed by atoms with Crippen molar-refractivity contribution >= 4 is 23.1 Å². The number of hydrogen-bond acceptors (Lipinski definition) is 3. The first-order chi connectivity index (χ1) is 7.94. The van der Waals surface area contributed by atoms with Gasteiger partial charge >= 0.3 is 0 Å². The van der Waals surface area contributed by atoms with Crippen LogP contribution < -0.4 is 11.1 Å². The van der Waals surface area contributed by atoms with Gasteiger partial charge < -0.3 is 16.0 Å². The van der Waals surface area contributed by atoms with Crippen LogP contribution in [0.1, 0.15) is 33.1 Å². The fraction of sp³-hybridized carbons (Fsp3) is 0.833. The molecule has 1 amide bonds. The van der Waals surface area contributed by atoms with Crippen LogP contribution in [0.4, 0.5) is 0 Å². The molecule has 0 unspecified atom stereocenters. The number of likely N-dealkylation sites (tertiary alicyclic amines) is 1. The summed E-state index contributed by atoms with van der Waals surface area (Å²) >= 11 is 4.89. The lowest BCUT2D eigenvalue weighted by molar-refractivity contribution is -0.126. The largest absolute Gasteiger partial charge is 0.392 e. The second-order valence-electron chi connectivity index (χ2n) is 5.15. The van der Waals surface area contributed by atoms with Gasteiger partial charge in [-0.1, -0.05) is 18.6 Å². The van der Waals surface area contributed by atoms with Gasteiger partial charge in [0.1, 0.15) is 0 Å². The van der Waals surface area contributed by atoms with Crippen molar-refractivity contribution in [1.29, 1.82) is 0 Å². The summed E-state index contributed by atoms with van der Waals surface area (Å²) in [6.45, 7) is 7.39. The molecule has 0 aliphatic carbocycles. The van der Waals surface area contributed by atoms with Gasteiger partial charge in [-0.15, -0.1) is 0 Å². The Hall–Kier alpha value is -0.680. The summed E-state index contributed by atoms with van der Waals surface area (Å²) in [6, 6.07) is 0. The van der Waals surface area contributed by atoms with Gasteiger partial charge in [0.2, 0.25) is 5.91 Å². The van der Waals surface area contributed by atoms with Crippen molar-refractivity contribution in [1.82, 2.24) is 10.2 Å². The van der Waals surface area contributed by atoms with E-state index in [1.165, 1.54) is 19.3 Å². The van der Waals surface area contributed by atoms with Gasteiger partial charge in [-0.25, -0.2) is 0 Å². The van der Waals surface area contributed by atoms with Gasteiger partial charge in [-0.05, 0) is 39.8 Å². The van der Waals surface area contributed by atoms with Gasteiger partial charge in [-0.3, -0.25) is 4.79 Å². The maximum absolute atomic E-state index is 11.9. The fourth-order valence-corrected chi connectivity index (χ4v) is 1.94. The molecule has 1 saturated heterocycles. The number of piperidine rings is 1. The maximum atomic E-state index is 11.9. The quantitative estimate of drug-likeness (QED) is 0.719. The molecule has 1 rings (SSSR count). The maximum Gasteiger partial charge on any atom is 0.232 e. The normalized spacial score (nSPS) is 17.8. The second-order valence-corrected chi connectivity index (χ2v) is 5.59. The van der Waals surface area contributed by atoms with Gasteiger partial charge in [0, 0.05) is 13.1 Å². The van der Waals surface area contributed by atoms with E-state index in [4.69, 9.17) is 18.0 Å². The number of carbonyl (C=O) groups is 1. The molecule has 4 nitrogen and oxygen atoms in total. The molecule has 0 bridgehead atoms. The second kappa shape index (κ2) is 6.31. The lowest BCUT2D eigenvalue weighted by Gasteiger charge is -2.27. The van der Waals surface area contributed by atoms with E-state index in [-0.39, 0.29) is 10.9 Å². The van der Waals surface area contributed by atoms with Crippen LogP contribution in [0, 0.1) is 5.41 Å². The molecule has 0 radical (unpaired) electrons. The van der Waals surface area contributed by atoms with E-state index in [9.17, 15) is 4.79 Å². The first kappa shape index (κ1) is 14.4. The van der Waals surface area contributed by atoms with Crippen LogP contribution >= 0.6 is 12.2 Å². The van der Waals surface area contributed by atoms with Crippen LogP contribution in [0.5, 0.6) is 0 Å². The third kappa shape index (κ3) is 4.24. The van der Waals surface area contributed by atoms with E-state index in [0.717, 1.165) is 19.6 Å². The summed E-state index contributed by atoms with van der Waals surface area (Å²) in [5.74, 6) is -0.0815. The summed E-state index contributed by atoms with van der Waals surface area (Å²) in [4.78, 5) is 14.5. The van der Waals surface area contributed by atoms with Gasteiger partial charge in [0.15, 0.2) is 0 Å². The van der Waals surface area contributed by atoms with Crippen molar-refractivity contribution in [3.8, 4) is 0 Å². The molecule has 98 valence electrons. The Balaban J connectivity index is 2.26. The minimum atomic E-state index is -0.753. The van der Waals surface area contributed by atoms with E-state index in [2.05, 4.69) is 10.2 Å². The summed E-state index contributed by atoms with van der Waals surface area (Å²) in [5, 5.41) is 2.90. The zero-order chi connectivity index (χ0) is 12.9. The van der Waals surface area contributed by atoms with Crippen molar-refractivity contribution in [2.45, 2.75) is 33.1 Å². The molecule has 1 aliphatic rings. The molecular formula is C12H23N3OS. The molecule has 1 aliphatic heterocycles. The lowest BCUT2D eigenvalue weighted by atomic mass is 9.92. The van der Waals surface area contributed by atoms with Gasteiger partial charge in [-0.2, -0.15) is 0 Å². The van der Waals surface area contributed by atoms with Crippen molar-refractivity contribution in [3.05, 3.63) is 0 Å². The van der Waals surface area contributed by atoms with E-state index < -0.39 is 5.41 Å². The zero-order valence-electron chi connectivity index (χ0n) is 10.8. The van der Waals surface area contributed by atoms with Gasteiger partial charge in [0.25, 0.3) is 0 Å². The minimum Gasteiger partial charge on any atom is -0.392 e. The summed E-state index contributed by atoms with van der Waals surface area (Å²) in [5.41, 5.74) is 4.79. The van der Waals surface area contributed by atoms with Gasteiger partial charge in [0.05, 0.1) is 10.4 Å². The summed E-state index contributed by atoms with van der Waals surface area (Å²) < 4.78 is 0. The van der Waals surface area contributed by atoms with Crippen LogP contribution in [0.2, 0.25) is 0 Å². The molecule has 0 spiro atoms. The number of carbonyl (C=O) groups excluding carboxylic acids is 1. The molecule has 0 aromatic carbocycles. The number of thiocarbonyl (C=S) groups is 1. The topological polar surface area (TPSA) is 58.4 Å². The third-order valence-corrected chi connectivity index (χ3v) is 3.86. The Morgan fingerprint density at radius 2 is 1.94 bits per heavy atom. The van der Waals surface area contributed by atoms with Crippen LogP contribution in [-0.2, 0) is 4.79 Å². The first-order valence-electron chi connectivity index (χ1n) is 6.25. The number of nitrogens with one attached hydrogen (secondary N) is 1. The molecule has 0 aromatic heterocycles. The van der Waals surface area contributed by atoms with Crippen LogP contribution in [0.15, 0.2) is 0 Å². The summed E-state index contributed by atoms with van der Waals surface area (Å²) in [7, 11) is 0. The van der Waals surface area contributed by atoms with Crippen LogP contribution in [0.3, 0.4) is 0 Å². The Bertz CT molecular complexity index is 285. The molecule has 0 saturated carbocycles. The highest BCUT2D eigenvalue weighted by molar-refractivity contribution is 7.80. The minimum absolute atomic E-state index is 0.0815. The lowest BCUT2D eigenvalue weighted by Crippen LogP contribution is -2.47. The highest BCUT2D eigenvalue weighted by Crippen LogP contribution is 2.15. The average molecular weight is 257 g/mol. The fourth-order valence-electron chi connectivity index (χ4n) is 1.84. The monoisotopic (exact) mass is 257 g/mol. The Morgan fingerprint density at radius 3 is 2.47 bits per heavy atom. The van der Waals surface area contributed by atoms with Crippen LogP contribution in [0.25, 0.3) is 0 Å². The predicted molar refractivity (Wildman–Crippen MR) is 73.9 cm³/mol. The van der Waals surface area contributed by atoms with Crippen LogP contribution in [-0.4, -0.2) is 42.0 Å². The van der Waals surface area contributed by atoms with Crippen molar-refractivity contribution in [2.24, 2.45) is 11.1 Å². The highest BCUT2D eigenvalue weighted by atomic mass is 32.1. The van der Waals surface area contributed by atoms with E-state index >= 15 is 0 Å². The molecule has 1 fully saturated rings. The first-order valence-corrected chi connectivity index (χ1v) is 6.66. The average Bonchev–Trinajstić information content (AvgIpc) is 2.30. The molecule has 3 N–H and O–H groups in total. The number of hydrogen-bond donors (Lipinski definition) is 2. The number of amides is 1. The summed E-state index contributed by atoms with van der Waals surface area (Å²) in [6.07, 6.45) is 3.87. The SMILES string of the molecule is CC(C)(C(=O)NCCN1CCCCC1)C(N)=S. The highest BCUT2D eigenvalue weighted by Gasteiger charge is 2.30. The van der Waals surface area contributed by atoms with E-state index in [1.807, 2.05) is 0 Å². The Morgan fingerprint density at radius 1 is 1.35 bits per heavy atom. The molecule has 17 heavy (non-hydrogen) atoms. The molecule has 1 heterocycles. The third-order valence-electron chi connectivity index (χ3n) is 3.35. The molecule has 0 atom stereocenters. The molecule has 0 aromatic rings. The molecule has 5 heteroatoms. The Labute approximate surface area is 109 Å². The van der Waals surface area contributed by atoms with Crippen molar-refractivity contribution in [2.75, 3.05) is 26.2 Å². The number of nitrogens with zero attached hydrogens (tertiary/aromatic N) is 1. The standard InChI is InChI=1S/C12H23N3OS/c1-12(2,10(13)17)11(16)14-6-9-15-7-4-3-5-8-15/h3-9H2,1-2H3,(H2,13,17)(H,14,16). The predicted octanol–water partition coefficient (Wildman–Crippen LogP) is 0.901. The van der Waals surface area contributed by atoms with E-state index in [1.54, 1.807) is 13.8 Å². The Kier molecular flexibility index (Phi) is 5.33. The number of rotatable bonds is 5. The van der Waals surface area contributed by atoms with Crippen molar-refractivity contribution < 1.29 is 4.79 Å². The zero-order valence-corrected chi connectivity index (χ0v) is 11.6. The number of nitrogens with two attached hydrogens (primary N) is 1. The van der Waals surface area contributed by atoms with E-state index in [0.29, 0.717) is 6.54 Å².